The number of aliphatic hydroxyl groups is 1. The van der Waals surface area contributed by atoms with Crippen molar-refractivity contribution < 1.29 is 14.7 Å². The van der Waals surface area contributed by atoms with Crippen LogP contribution in [0.4, 0.5) is 5.69 Å². The molecule has 1 aliphatic rings. The first-order valence-corrected chi connectivity index (χ1v) is 12.8. The van der Waals surface area contributed by atoms with E-state index in [1.807, 2.05) is 6.07 Å². The van der Waals surface area contributed by atoms with E-state index in [4.69, 9.17) is 11.6 Å². The van der Waals surface area contributed by atoms with Gasteiger partial charge in [-0.1, -0.05) is 23.7 Å². The second-order valence-corrected chi connectivity index (χ2v) is 9.82. The Hall–Kier alpha value is -4.12. The minimum atomic E-state index is -0.756. The number of hydrogen-bond acceptors (Lipinski definition) is 7. The van der Waals surface area contributed by atoms with Gasteiger partial charge in [-0.2, -0.15) is 0 Å². The fourth-order valence-corrected chi connectivity index (χ4v) is 4.71. The maximum atomic E-state index is 13.5. The summed E-state index contributed by atoms with van der Waals surface area (Å²) in [4.78, 5) is 48.9. The molecule has 39 heavy (non-hydrogen) atoms. The molecule has 1 atom stereocenters. The summed E-state index contributed by atoms with van der Waals surface area (Å²) in [5, 5.41) is 17.3. The van der Waals surface area contributed by atoms with Gasteiger partial charge >= 0.3 is 0 Å². The van der Waals surface area contributed by atoms with Crippen LogP contribution in [0.2, 0.25) is 5.02 Å². The molecule has 4 aromatic rings. The molecule has 0 saturated carbocycles. The zero-order valence-corrected chi connectivity index (χ0v) is 22.0. The number of aliphatic hydroxyl groups excluding tert-OH is 1. The van der Waals surface area contributed by atoms with Crippen LogP contribution in [0, 0.1) is 0 Å². The summed E-state index contributed by atoms with van der Waals surface area (Å²) in [5.41, 5.74) is 2.89. The van der Waals surface area contributed by atoms with Crippen LogP contribution >= 0.6 is 11.6 Å². The highest BCUT2D eigenvalue weighted by atomic mass is 35.5. The molecule has 0 fully saturated rings. The van der Waals surface area contributed by atoms with Gasteiger partial charge < -0.3 is 25.2 Å². The third kappa shape index (κ3) is 5.68. The highest BCUT2D eigenvalue weighted by Gasteiger charge is 2.26. The molecule has 5 rings (SSSR count). The smallest absolute Gasteiger partial charge is 0.257 e. The Morgan fingerprint density at radius 1 is 1.13 bits per heavy atom. The summed E-state index contributed by atoms with van der Waals surface area (Å²) in [5.74, 6) is -0.674. The van der Waals surface area contributed by atoms with Gasteiger partial charge in [-0.05, 0) is 48.4 Å². The Balaban J connectivity index is 1.38. The summed E-state index contributed by atoms with van der Waals surface area (Å²) in [6.45, 7) is 1.13. The van der Waals surface area contributed by atoms with Crippen molar-refractivity contribution in [3.63, 3.8) is 0 Å². The zero-order valence-electron chi connectivity index (χ0n) is 21.2. The largest absolute Gasteiger partial charge is 0.387 e. The predicted molar refractivity (Wildman–Crippen MR) is 148 cm³/mol. The third-order valence-electron chi connectivity index (χ3n) is 6.71. The second-order valence-electron chi connectivity index (χ2n) is 9.38. The molecule has 0 bridgehead atoms. The predicted octanol–water partition coefficient (Wildman–Crippen LogP) is 2.56. The van der Waals surface area contributed by atoms with Gasteiger partial charge in [0.05, 0.1) is 29.2 Å². The highest BCUT2D eigenvalue weighted by molar-refractivity contribution is 6.30. The Kier molecular flexibility index (Phi) is 7.69. The molecule has 11 heteroatoms. The van der Waals surface area contributed by atoms with Gasteiger partial charge in [-0.15, -0.1) is 0 Å². The van der Waals surface area contributed by atoms with Crippen LogP contribution in [-0.2, 0) is 24.4 Å². The Morgan fingerprint density at radius 3 is 2.67 bits per heavy atom. The molecule has 200 valence electrons. The molecule has 0 saturated heterocycles. The van der Waals surface area contributed by atoms with Crippen molar-refractivity contribution in [3.05, 3.63) is 98.8 Å². The lowest BCUT2D eigenvalue weighted by atomic mass is 10.0. The summed E-state index contributed by atoms with van der Waals surface area (Å²) in [6.07, 6.45) is 5.73. The van der Waals surface area contributed by atoms with Crippen LogP contribution in [-0.4, -0.2) is 45.0 Å². The number of likely N-dealkylation sites (N-methyl/N-ethyl adjacent to an activating group) is 1. The lowest BCUT2D eigenvalue weighted by molar-refractivity contribution is -0.119. The van der Waals surface area contributed by atoms with E-state index in [1.54, 1.807) is 48.1 Å². The van der Waals surface area contributed by atoms with E-state index in [9.17, 15) is 19.5 Å². The van der Waals surface area contributed by atoms with Crippen molar-refractivity contribution in [2.75, 3.05) is 18.5 Å². The van der Waals surface area contributed by atoms with E-state index < -0.39 is 17.4 Å². The van der Waals surface area contributed by atoms with Crippen molar-refractivity contribution >= 4 is 40.0 Å². The van der Waals surface area contributed by atoms with Crippen molar-refractivity contribution in [2.24, 2.45) is 0 Å². The normalized spacial score (nSPS) is 13.5. The van der Waals surface area contributed by atoms with Crippen molar-refractivity contribution in [1.29, 1.82) is 0 Å². The van der Waals surface area contributed by atoms with Crippen LogP contribution in [0.25, 0.3) is 10.9 Å². The average Bonchev–Trinajstić information content (AvgIpc) is 2.95. The van der Waals surface area contributed by atoms with E-state index in [0.717, 1.165) is 11.1 Å². The minimum absolute atomic E-state index is 0.0234. The molecule has 1 aliphatic heterocycles. The molecule has 3 heterocycles. The molecule has 0 radical (unpaired) electrons. The summed E-state index contributed by atoms with van der Waals surface area (Å²) in [7, 11) is 1.67. The molecule has 0 unspecified atom stereocenters. The number of pyridine rings is 1. The van der Waals surface area contributed by atoms with Gasteiger partial charge in [0.1, 0.15) is 12.1 Å². The van der Waals surface area contributed by atoms with Gasteiger partial charge in [0.15, 0.2) is 0 Å². The zero-order chi connectivity index (χ0) is 27.5. The molecular weight excluding hydrogens is 520 g/mol. The molecule has 10 nitrogen and oxygen atoms in total. The number of benzene rings is 2. The van der Waals surface area contributed by atoms with Crippen LogP contribution in [0.3, 0.4) is 0 Å². The number of aromatic nitrogens is 3. The molecule has 3 N–H and O–H groups in total. The summed E-state index contributed by atoms with van der Waals surface area (Å²) in [6, 6.07) is 10.7. The number of rotatable bonds is 9. The van der Waals surface area contributed by atoms with Crippen LogP contribution < -0.4 is 21.0 Å². The van der Waals surface area contributed by atoms with Crippen LogP contribution in [0.5, 0.6) is 0 Å². The minimum Gasteiger partial charge on any atom is -0.387 e. The molecular formula is C28H27ClN6O4. The van der Waals surface area contributed by atoms with Gasteiger partial charge in [0.2, 0.25) is 11.3 Å². The number of amides is 2. The second kappa shape index (κ2) is 11.3. The van der Waals surface area contributed by atoms with Crippen LogP contribution in [0.1, 0.15) is 39.7 Å². The fraction of sp³-hybridized carbons (Fsp3) is 0.250. The van der Waals surface area contributed by atoms with E-state index in [1.165, 1.54) is 23.5 Å². The van der Waals surface area contributed by atoms with Crippen LogP contribution in [0.15, 0.2) is 66.0 Å². The van der Waals surface area contributed by atoms with E-state index >= 15 is 0 Å². The molecule has 2 aromatic carbocycles. The van der Waals surface area contributed by atoms with E-state index in [-0.39, 0.29) is 24.6 Å². The SMILES string of the molecule is CN1C(=O)Cn2cc(C(=O)NCc3ccc(Cl)cc3)c(=O)c3cc(CNCC[C@@H](O)c4cnccn4)cc1c32. The number of hydrogen-bond donors (Lipinski definition) is 3. The Bertz CT molecular complexity index is 1590. The first-order valence-electron chi connectivity index (χ1n) is 12.5. The van der Waals surface area contributed by atoms with Gasteiger partial charge in [0.25, 0.3) is 5.91 Å². The molecule has 2 amide bonds. The van der Waals surface area contributed by atoms with E-state index in [2.05, 4.69) is 20.6 Å². The summed E-state index contributed by atoms with van der Waals surface area (Å²) >= 11 is 5.93. The third-order valence-corrected chi connectivity index (χ3v) is 6.96. The van der Waals surface area contributed by atoms with Crippen molar-refractivity contribution in [1.82, 2.24) is 25.2 Å². The quantitative estimate of drug-likeness (QED) is 0.275. The molecule has 2 aromatic heterocycles. The standard InChI is InChI=1S/C28H27ClN6O4/c1-34-23-11-18(12-30-7-6-24(36)22-14-31-8-9-32-22)10-20-26(23)35(16-25(34)37)15-21(27(20)38)28(39)33-13-17-2-4-19(29)5-3-17/h2-5,8-11,14-15,24,30,36H,6-7,12-13,16H2,1H3,(H,33,39)/t24-/m1/s1. The van der Waals surface area contributed by atoms with Crippen molar-refractivity contribution in [2.45, 2.75) is 32.2 Å². The number of anilines is 1. The average molecular weight is 547 g/mol. The number of carbonyl (C=O) groups excluding carboxylic acids is 2. The van der Waals surface area contributed by atoms with E-state index in [0.29, 0.717) is 46.8 Å². The number of nitrogens with zero attached hydrogens (tertiary/aromatic N) is 4. The summed E-state index contributed by atoms with van der Waals surface area (Å²) < 4.78 is 1.67. The monoisotopic (exact) mass is 546 g/mol. The van der Waals surface area contributed by atoms with Gasteiger partial charge in [-0.3, -0.25) is 24.4 Å². The maximum absolute atomic E-state index is 13.5. The van der Waals surface area contributed by atoms with Gasteiger partial charge in [-0.25, -0.2) is 0 Å². The fourth-order valence-electron chi connectivity index (χ4n) is 4.59. The lowest BCUT2D eigenvalue weighted by Gasteiger charge is -2.28. The number of carbonyl (C=O) groups is 2. The highest BCUT2D eigenvalue weighted by Crippen LogP contribution is 2.30. The van der Waals surface area contributed by atoms with Gasteiger partial charge in [0, 0.05) is 49.1 Å². The first-order chi connectivity index (χ1) is 18.8. The molecule has 0 aliphatic carbocycles. The molecule has 0 spiro atoms. The maximum Gasteiger partial charge on any atom is 0.257 e. The van der Waals surface area contributed by atoms with Crippen molar-refractivity contribution in [3.8, 4) is 0 Å². The first kappa shape index (κ1) is 26.5. The number of halogens is 1. The number of nitrogens with one attached hydrogen (secondary N) is 2. The Labute approximate surface area is 229 Å². The topological polar surface area (TPSA) is 129 Å². The lowest BCUT2D eigenvalue weighted by Crippen LogP contribution is -2.37. The Morgan fingerprint density at radius 2 is 1.92 bits per heavy atom.